The van der Waals surface area contributed by atoms with Crippen LogP contribution in [0.5, 0.6) is 0 Å². The fourth-order valence-electron chi connectivity index (χ4n) is 1.24. The first-order chi connectivity index (χ1) is 8.43. The zero-order chi connectivity index (χ0) is 13.7. The monoisotopic (exact) mass is 271 g/mol. The van der Waals surface area contributed by atoms with E-state index in [9.17, 15) is 14.4 Å². The van der Waals surface area contributed by atoms with Gasteiger partial charge in [-0.25, -0.2) is 4.98 Å². The molecule has 0 fully saturated rings. The molecule has 0 aromatic carbocycles. The van der Waals surface area contributed by atoms with E-state index in [0.717, 1.165) is 4.90 Å². The second-order valence-electron chi connectivity index (χ2n) is 3.42. The van der Waals surface area contributed by atoms with Gasteiger partial charge in [-0.3, -0.25) is 14.4 Å². The molecule has 8 nitrogen and oxygen atoms in total. The standard InChI is InChI=1S/C9H13N5O3S/c10-1-8-13-5(4-18-8)9(17)14(2-6(11)15)3-7(12)16/h4H,1-3,10H2,(H2,11,15)(H2,12,16). The summed E-state index contributed by atoms with van der Waals surface area (Å²) in [5, 5.41) is 2.08. The van der Waals surface area contributed by atoms with Crippen LogP contribution in [0, 0.1) is 0 Å². The molecular weight excluding hydrogens is 258 g/mol. The number of carbonyl (C=O) groups is 3. The number of hydrogen-bond acceptors (Lipinski definition) is 6. The van der Waals surface area contributed by atoms with Gasteiger partial charge in [-0.1, -0.05) is 0 Å². The Kier molecular flexibility index (Phi) is 4.75. The molecule has 0 aliphatic heterocycles. The van der Waals surface area contributed by atoms with Crippen LogP contribution in [0.4, 0.5) is 0 Å². The van der Waals surface area contributed by atoms with E-state index in [2.05, 4.69) is 4.98 Å². The maximum Gasteiger partial charge on any atom is 0.274 e. The molecule has 0 unspecified atom stereocenters. The van der Waals surface area contributed by atoms with Gasteiger partial charge >= 0.3 is 0 Å². The van der Waals surface area contributed by atoms with Crippen molar-refractivity contribution in [3.8, 4) is 0 Å². The molecule has 0 aliphatic carbocycles. The molecule has 0 radical (unpaired) electrons. The molecule has 9 heteroatoms. The van der Waals surface area contributed by atoms with Gasteiger partial charge < -0.3 is 22.1 Å². The van der Waals surface area contributed by atoms with Crippen molar-refractivity contribution < 1.29 is 14.4 Å². The van der Waals surface area contributed by atoms with E-state index in [1.807, 2.05) is 0 Å². The van der Waals surface area contributed by atoms with Gasteiger partial charge in [0.25, 0.3) is 5.91 Å². The predicted molar refractivity (Wildman–Crippen MR) is 64.3 cm³/mol. The van der Waals surface area contributed by atoms with Gasteiger partial charge in [0, 0.05) is 11.9 Å². The van der Waals surface area contributed by atoms with E-state index in [1.54, 1.807) is 0 Å². The average Bonchev–Trinajstić information content (AvgIpc) is 2.74. The fraction of sp³-hybridized carbons (Fsp3) is 0.333. The van der Waals surface area contributed by atoms with Gasteiger partial charge in [0.05, 0.1) is 0 Å². The van der Waals surface area contributed by atoms with Crippen molar-refractivity contribution in [1.82, 2.24) is 9.88 Å². The van der Waals surface area contributed by atoms with Crippen LogP contribution in [-0.2, 0) is 16.1 Å². The molecule has 0 atom stereocenters. The maximum atomic E-state index is 12.0. The zero-order valence-corrected chi connectivity index (χ0v) is 10.3. The van der Waals surface area contributed by atoms with Crippen LogP contribution >= 0.6 is 11.3 Å². The number of nitrogens with zero attached hydrogens (tertiary/aromatic N) is 2. The number of hydrogen-bond donors (Lipinski definition) is 3. The summed E-state index contributed by atoms with van der Waals surface area (Å²) >= 11 is 1.22. The SMILES string of the molecule is NCc1nc(C(=O)N(CC(N)=O)CC(N)=O)cs1. The number of rotatable bonds is 6. The van der Waals surface area contributed by atoms with Crippen LogP contribution in [0.25, 0.3) is 0 Å². The highest BCUT2D eigenvalue weighted by Crippen LogP contribution is 2.11. The van der Waals surface area contributed by atoms with Crippen LogP contribution in [0.3, 0.4) is 0 Å². The number of thiazole rings is 1. The summed E-state index contributed by atoms with van der Waals surface area (Å²) in [6, 6.07) is 0. The zero-order valence-electron chi connectivity index (χ0n) is 9.46. The number of amides is 3. The highest BCUT2D eigenvalue weighted by atomic mass is 32.1. The quantitative estimate of drug-likeness (QED) is 0.548. The molecule has 1 aromatic heterocycles. The van der Waals surface area contributed by atoms with E-state index in [4.69, 9.17) is 17.2 Å². The van der Waals surface area contributed by atoms with Gasteiger partial charge in [0.15, 0.2) is 0 Å². The summed E-state index contributed by atoms with van der Waals surface area (Å²) in [4.78, 5) is 38.5. The first-order valence-electron chi connectivity index (χ1n) is 4.94. The number of aromatic nitrogens is 1. The van der Waals surface area contributed by atoms with Crippen molar-refractivity contribution in [3.63, 3.8) is 0 Å². The number of carbonyl (C=O) groups excluding carboxylic acids is 3. The molecule has 0 saturated carbocycles. The smallest absolute Gasteiger partial charge is 0.274 e. The van der Waals surface area contributed by atoms with Gasteiger partial charge in [0.1, 0.15) is 23.8 Å². The molecule has 6 N–H and O–H groups in total. The minimum atomic E-state index is -0.737. The fourth-order valence-corrected chi connectivity index (χ4v) is 1.89. The Hall–Kier alpha value is -2.00. The molecule has 1 heterocycles. The Morgan fingerprint density at radius 1 is 1.22 bits per heavy atom. The highest BCUT2D eigenvalue weighted by molar-refractivity contribution is 7.09. The lowest BCUT2D eigenvalue weighted by Gasteiger charge is -2.17. The van der Waals surface area contributed by atoms with Gasteiger partial charge in [-0.05, 0) is 0 Å². The van der Waals surface area contributed by atoms with Crippen molar-refractivity contribution >= 4 is 29.1 Å². The molecule has 3 amide bonds. The van der Waals surface area contributed by atoms with Crippen molar-refractivity contribution in [1.29, 1.82) is 0 Å². The van der Waals surface area contributed by atoms with E-state index in [-0.39, 0.29) is 12.2 Å². The molecule has 98 valence electrons. The maximum absolute atomic E-state index is 12.0. The van der Waals surface area contributed by atoms with E-state index >= 15 is 0 Å². The summed E-state index contributed by atoms with van der Waals surface area (Å²) < 4.78 is 0. The van der Waals surface area contributed by atoms with E-state index in [0.29, 0.717) is 5.01 Å². The Balaban J connectivity index is 2.86. The third-order valence-electron chi connectivity index (χ3n) is 1.93. The van der Waals surface area contributed by atoms with Crippen LogP contribution in [-0.4, -0.2) is 40.7 Å². The van der Waals surface area contributed by atoms with Crippen molar-refractivity contribution in [2.75, 3.05) is 13.1 Å². The first-order valence-corrected chi connectivity index (χ1v) is 5.82. The predicted octanol–water partition coefficient (Wildman–Crippen LogP) is -1.99. The second kappa shape index (κ2) is 6.07. The second-order valence-corrected chi connectivity index (χ2v) is 4.37. The minimum absolute atomic E-state index is 0.114. The molecule has 0 aliphatic rings. The van der Waals surface area contributed by atoms with E-state index in [1.165, 1.54) is 16.7 Å². The Labute approximate surface area is 107 Å². The van der Waals surface area contributed by atoms with Crippen LogP contribution in [0.15, 0.2) is 5.38 Å². The number of nitrogens with two attached hydrogens (primary N) is 3. The summed E-state index contributed by atoms with van der Waals surface area (Å²) in [5.41, 5.74) is 15.5. The average molecular weight is 271 g/mol. The molecule has 18 heavy (non-hydrogen) atoms. The Morgan fingerprint density at radius 3 is 2.17 bits per heavy atom. The molecule has 0 spiro atoms. The van der Waals surface area contributed by atoms with Crippen molar-refractivity contribution in [2.24, 2.45) is 17.2 Å². The lowest BCUT2D eigenvalue weighted by Crippen LogP contribution is -2.43. The normalized spacial score (nSPS) is 10.1. The molecular formula is C9H13N5O3S. The summed E-state index contributed by atoms with van der Waals surface area (Å²) in [6.45, 7) is -0.571. The molecule has 0 bridgehead atoms. The van der Waals surface area contributed by atoms with Crippen molar-refractivity contribution in [2.45, 2.75) is 6.54 Å². The Morgan fingerprint density at radius 2 is 1.78 bits per heavy atom. The van der Waals surface area contributed by atoms with Gasteiger partial charge in [0.2, 0.25) is 11.8 Å². The first kappa shape index (κ1) is 14.1. The summed E-state index contributed by atoms with van der Waals surface area (Å²) in [6.07, 6.45) is 0. The topological polar surface area (TPSA) is 145 Å². The Bertz CT molecular complexity index is 457. The number of primary amides is 2. The van der Waals surface area contributed by atoms with Crippen LogP contribution in [0.1, 0.15) is 15.5 Å². The third-order valence-corrected chi connectivity index (χ3v) is 2.80. The summed E-state index contributed by atoms with van der Waals surface area (Å²) in [7, 11) is 0. The van der Waals surface area contributed by atoms with Crippen molar-refractivity contribution in [3.05, 3.63) is 16.1 Å². The van der Waals surface area contributed by atoms with Crippen LogP contribution < -0.4 is 17.2 Å². The minimum Gasteiger partial charge on any atom is -0.368 e. The van der Waals surface area contributed by atoms with Gasteiger partial charge in [-0.15, -0.1) is 11.3 Å². The molecule has 1 aromatic rings. The third kappa shape index (κ3) is 3.79. The summed E-state index contributed by atoms with van der Waals surface area (Å²) in [5.74, 6) is -2.05. The van der Waals surface area contributed by atoms with Crippen LogP contribution in [0.2, 0.25) is 0 Å². The van der Waals surface area contributed by atoms with Gasteiger partial charge in [-0.2, -0.15) is 0 Å². The van der Waals surface area contributed by atoms with E-state index < -0.39 is 30.8 Å². The lowest BCUT2D eigenvalue weighted by atomic mass is 10.3. The largest absolute Gasteiger partial charge is 0.368 e. The molecule has 1 rings (SSSR count). The molecule has 0 saturated heterocycles. The lowest BCUT2D eigenvalue weighted by molar-refractivity contribution is -0.121. The highest BCUT2D eigenvalue weighted by Gasteiger charge is 2.21.